The molecule has 82 valence electrons. The SMILES string of the molecule is O=c1[nH]cnc(N2CCC(CCl)C2)c1Br. The number of halogens is 2. The van der Waals surface area contributed by atoms with Gasteiger partial charge in [-0.1, -0.05) is 0 Å². The number of rotatable bonds is 2. The molecule has 1 aliphatic heterocycles. The van der Waals surface area contributed by atoms with Crippen LogP contribution in [-0.4, -0.2) is 28.9 Å². The number of hydrogen-bond acceptors (Lipinski definition) is 3. The molecular weight excluding hydrogens is 281 g/mol. The fourth-order valence-electron chi connectivity index (χ4n) is 1.75. The summed E-state index contributed by atoms with van der Waals surface area (Å²) in [6.45, 7) is 1.78. The number of anilines is 1. The van der Waals surface area contributed by atoms with Crippen LogP contribution in [0.2, 0.25) is 0 Å². The van der Waals surface area contributed by atoms with Crippen LogP contribution in [0.15, 0.2) is 15.6 Å². The van der Waals surface area contributed by atoms with E-state index in [1.54, 1.807) is 0 Å². The Balaban J connectivity index is 2.24. The standard InChI is InChI=1S/C9H11BrClN3O/c10-7-8(12-5-13-9(7)15)14-2-1-6(3-11)4-14/h5-6H,1-4H2,(H,12,13,15). The van der Waals surface area contributed by atoms with Gasteiger partial charge < -0.3 is 9.88 Å². The molecule has 1 aromatic heterocycles. The Hall–Kier alpha value is -0.550. The quantitative estimate of drug-likeness (QED) is 0.842. The normalized spacial score (nSPS) is 20.9. The third kappa shape index (κ3) is 2.18. The van der Waals surface area contributed by atoms with Crippen LogP contribution in [0.1, 0.15) is 6.42 Å². The second kappa shape index (κ2) is 4.53. The van der Waals surface area contributed by atoms with Crippen LogP contribution in [0.25, 0.3) is 0 Å². The first-order chi connectivity index (χ1) is 7.22. The van der Waals surface area contributed by atoms with Crippen LogP contribution in [-0.2, 0) is 0 Å². The highest BCUT2D eigenvalue weighted by Crippen LogP contribution is 2.26. The van der Waals surface area contributed by atoms with Crippen LogP contribution < -0.4 is 10.5 Å². The number of hydrogen-bond donors (Lipinski definition) is 1. The van der Waals surface area contributed by atoms with Gasteiger partial charge in [-0.3, -0.25) is 4.79 Å². The average Bonchev–Trinajstić information content (AvgIpc) is 2.70. The molecule has 0 bridgehead atoms. The van der Waals surface area contributed by atoms with Crippen LogP contribution in [0, 0.1) is 5.92 Å². The fraction of sp³-hybridized carbons (Fsp3) is 0.556. The molecule has 1 aromatic rings. The van der Waals surface area contributed by atoms with Crippen molar-refractivity contribution in [2.45, 2.75) is 6.42 Å². The van der Waals surface area contributed by atoms with Gasteiger partial charge in [0.25, 0.3) is 5.56 Å². The minimum atomic E-state index is -0.144. The van der Waals surface area contributed by atoms with E-state index in [2.05, 4.69) is 30.8 Å². The molecule has 6 heteroatoms. The summed E-state index contributed by atoms with van der Waals surface area (Å²) < 4.78 is 0.500. The summed E-state index contributed by atoms with van der Waals surface area (Å²) in [6, 6.07) is 0. The van der Waals surface area contributed by atoms with Crippen molar-refractivity contribution in [1.82, 2.24) is 9.97 Å². The van der Waals surface area contributed by atoms with Crippen LogP contribution >= 0.6 is 27.5 Å². The minimum absolute atomic E-state index is 0.144. The summed E-state index contributed by atoms with van der Waals surface area (Å²) >= 11 is 9.06. The number of H-pyrrole nitrogens is 1. The Morgan fingerprint density at radius 1 is 1.73 bits per heavy atom. The van der Waals surface area contributed by atoms with E-state index < -0.39 is 0 Å². The maximum absolute atomic E-state index is 11.4. The van der Waals surface area contributed by atoms with E-state index in [1.165, 1.54) is 6.33 Å². The average molecular weight is 293 g/mol. The Morgan fingerprint density at radius 2 is 2.53 bits per heavy atom. The molecule has 0 saturated carbocycles. The summed E-state index contributed by atoms with van der Waals surface area (Å²) in [6.07, 6.45) is 2.49. The van der Waals surface area contributed by atoms with Gasteiger partial charge in [-0.05, 0) is 28.3 Å². The molecule has 1 unspecified atom stereocenters. The molecule has 0 radical (unpaired) electrons. The third-order valence-corrected chi connectivity index (χ3v) is 3.73. The van der Waals surface area contributed by atoms with Gasteiger partial charge in [0.2, 0.25) is 0 Å². The molecule has 1 aliphatic rings. The van der Waals surface area contributed by atoms with Gasteiger partial charge in [-0.25, -0.2) is 4.98 Å². The summed E-state index contributed by atoms with van der Waals surface area (Å²) in [5.41, 5.74) is -0.144. The Bertz CT molecular complexity index is 409. The predicted molar refractivity (Wildman–Crippen MR) is 63.6 cm³/mol. The van der Waals surface area contributed by atoms with Crippen LogP contribution in [0.5, 0.6) is 0 Å². The van der Waals surface area contributed by atoms with Crippen molar-refractivity contribution in [3.8, 4) is 0 Å². The molecule has 0 spiro atoms. The smallest absolute Gasteiger partial charge is 0.267 e. The molecule has 0 amide bonds. The fourth-order valence-corrected chi connectivity index (χ4v) is 2.46. The Kier molecular flexibility index (Phi) is 3.31. The molecule has 1 fully saturated rings. The van der Waals surface area contributed by atoms with E-state index in [0.29, 0.717) is 22.1 Å². The monoisotopic (exact) mass is 291 g/mol. The predicted octanol–water partition coefficient (Wildman–Crippen LogP) is 1.60. The highest BCUT2D eigenvalue weighted by atomic mass is 79.9. The lowest BCUT2D eigenvalue weighted by Gasteiger charge is -2.17. The lowest BCUT2D eigenvalue weighted by Crippen LogP contribution is -2.24. The van der Waals surface area contributed by atoms with E-state index in [0.717, 1.165) is 19.5 Å². The number of aromatic nitrogens is 2. The second-order valence-electron chi connectivity index (χ2n) is 3.62. The molecule has 0 aromatic carbocycles. The Morgan fingerprint density at radius 3 is 3.20 bits per heavy atom. The van der Waals surface area contributed by atoms with Crippen molar-refractivity contribution in [3.05, 3.63) is 21.2 Å². The van der Waals surface area contributed by atoms with Gasteiger partial charge in [0.05, 0.1) is 6.33 Å². The molecule has 4 nitrogen and oxygen atoms in total. The molecule has 15 heavy (non-hydrogen) atoms. The van der Waals surface area contributed by atoms with E-state index in [-0.39, 0.29) is 5.56 Å². The van der Waals surface area contributed by atoms with Gasteiger partial charge >= 0.3 is 0 Å². The van der Waals surface area contributed by atoms with Gasteiger partial charge in [0.1, 0.15) is 10.3 Å². The highest BCUT2D eigenvalue weighted by Gasteiger charge is 2.24. The summed E-state index contributed by atoms with van der Waals surface area (Å²) in [4.78, 5) is 20.1. The van der Waals surface area contributed by atoms with E-state index in [1.807, 2.05) is 0 Å². The number of aromatic amines is 1. The van der Waals surface area contributed by atoms with Crippen molar-refractivity contribution in [2.75, 3.05) is 23.9 Å². The summed E-state index contributed by atoms with van der Waals surface area (Å²) in [5.74, 6) is 1.88. The van der Waals surface area contributed by atoms with Crippen molar-refractivity contribution in [2.24, 2.45) is 5.92 Å². The first-order valence-electron chi connectivity index (χ1n) is 4.76. The summed E-state index contributed by atoms with van der Waals surface area (Å²) in [5, 5.41) is 0. The van der Waals surface area contributed by atoms with Gasteiger partial charge in [-0.2, -0.15) is 0 Å². The van der Waals surface area contributed by atoms with Crippen LogP contribution in [0.3, 0.4) is 0 Å². The van der Waals surface area contributed by atoms with Gasteiger partial charge in [0, 0.05) is 19.0 Å². The number of alkyl halides is 1. The highest BCUT2D eigenvalue weighted by molar-refractivity contribution is 9.10. The molecule has 2 heterocycles. The molecule has 1 atom stereocenters. The van der Waals surface area contributed by atoms with Gasteiger partial charge in [-0.15, -0.1) is 11.6 Å². The minimum Gasteiger partial charge on any atom is -0.355 e. The van der Waals surface area contributed by atoms with Gasteiger partial charge in [0.15, 0.2) is 0 Å². The van der Waals surface area contributed by atoms with Crippen molar-refractivity contribution in [3.63, 3.8) is 0 Å². The number of nitrogens with zero attached hydrogens (tertiary/aromatic N) is 2. The van der Waals surface area contributed by atoms with Crippen molar-refractivity contribution < 1.29 is 0 Å². The lowest BCUT2D eigenvalue weighted by molar-refractivity contribution is 0.666. The van der Waals surface area contributed by atoms with E-state index in [9.17, 15) is 4.79 Å². The topological polar surface area (TPSA) is 49.0 Å². The van der Waals surface area contributed by atoms with E-state index >= 15 is 0 Å². The first-order valence-corrected chi connectivity index (χ1v) is 6.09. The molecule has 0 aliphatic carbocycles. The van der Waals surface area contributed by atoms with Crippen molar-refractivity contribution >= 4 is 33.3 Å². The maximum atomic E-state index is 11.4. The maximum Gasteiger partial charge on any atom is 0.267 e. The van der Waals surface area contributed by atoms with Crippen molar-refractivity contribution in [1.29, 1.82) is 0 Å². The van der Waals surface area contributed by atoms with Crippen LogP contribution in [0.4, 0.5) is 5.82 Å². The Labute approximate surface area is 101 Å². The molecule has 2 rings (SSSR count). The molecule has 1 N–H and O–H groups in total. The van der Waals surface area contributed by atoms with E-state index in [4.69, 9.17) is 11.6 Å². The zero-order chi connectivity index (χ0) is 10.8. The lowest BCUT2D eigenvalue weighted by atomic mass is 10.2. The number of nitrogens with one attached hydrogen (secondary N) is 1. The zero-order valence-electron chi connectivity index (χ0n) is 8.04. The summed E-state index contributed by atoms with van der Waals surface area (Å²) in [7, 11) is 0. The third-order valence-electron chi connectivity index (χ3n) is 2.58. The molecular formula is C9H11BrClN3O. The second-order valence-corrected chi connectivity index (χ2v) is 4.73. The zero-order valence-corrected chi connectivity index (χ0v) is 10.4. The molecule has 1 saturated heterocycles. The largest absolute Gasteiger partial charge is 0.355 e. The first kappa shape index (κ1) is 11.0.